The van der Waals surface area contributed by atoms with E-state index in [-0.39, 0.29) is 0 Å². The van der Waals surface area contributed by atoms with Crippen molar-refractivity contribution in [1.29, 1.82) is 0 Å². The van der Waals surface area contributed by atoms with Crippen LogP contribution in [0.15, 0.2) is 42.9 Å². The molecule has 0 atom stereocenters. The van der Waals surface area contributed by atoms with Crippen molar-refractivity contribution < 1.29 is 5.11 Å². The van der Waals surface area contributed by atoms with E-state index in [4.69, 9.17) is 0 Å². The third-order valence-electron chi connectivity index (χ3n) is 3.71. The summed E-state index contributed by atoms with van der Waals surface area (Å²) in [4.78, 5) is 10.8. The highest BCUT2D eigenvalue weighted by Crippen LogP contribution is 2.31. The second-order valence-corrected chi connectivity index (χ2v) is 5.68. The van der Waals surface area contributed by atoms with Gasteiger partial charge < -0.3 is 10.0 Å². The van der Waals surface area contributed by atoms with Crippen LogP contribution in [0.2, 0.25) is 0 Å². The minimum absolute atomic E-state index is 0.579. The van der Waals surface area contributed by atoms with Gasteiger partial charge in [0.25, 0.3) is 0 Å². The quantitative estimate of drug-likeness (QED) is 0.769. The largest absolute Gasteiger partial charge is 0.386 e. The summed E-state index contributed by atoms with van der Waals surface area (Å²) in [5, 5.41) is 15.2. The lowest BCUT2D eigenvalue weighted by Crippen LogP contribution is -2.60. The van der Waals surface area contributed by atoms with Crippen LogP contribution in [-0.4, -0.2) is 43.5 Å². The Kier molecular flexibility index (Phi) is 2.49. The van der Waals surface area contributed by atoms with Gasteiger partial charge in [-0.2, -0.15) is 5.10 Å². The Labute approximate surface area is 121 Å². The molecule has 1 fully saturated rings. The molecule has 0 bridgehead atoms. The summed E-state index contributed by atoms with van der Waals surface area (Å²) >= 11 is 0. The second-order valence-electron chi connectivity index (χ2n) is 5.68. The molecule has 1 aromatic carbocycles. The van der Waals surface area contributed by atoms with Crippen molar-refractivity contribution in [3.8, 4) is 5.69 Å². The number of anilines is 1. The number of nitrogens with zero attached hydrogens (tertiary/aromatic N) is 5. The van der Waals surface area contributed by atoms with Crippen molar-refractivity contribution in [1.82, 2.24) is 19.7 Å². The molecule has 6 heteroatoms. The van der Waals surface area contributed by atoms with E-state index in [0.717, 1.165) is 22.5 Å². The molecule has 0 radical (unpaired) electrons. The van der Waals surface area contributed by atoms with Gasteiger partial charge in [-0.25, -0.2) is 14.6 Å². The summed E-state index contributed by atoms with van der Waals surface area (Å²) in [6, 6.07) is 9.89. The van der Waals surface area contributed by atoms with E-state index in [0.29, 0.717) is 13.1 Å². The Morgan fingerprint density at radius 2 is 1.90 bits per heavy atom. The Hall–Kier alpha value is -2.47. The van der Waals surface area contributed by atoms with Crippen LogP contribution < -0.4 is 4.90 Å². The highest BCUT2D eigenvalue weighted by molar-refractivity contribution is 5.88. The van der Waals surface area contributed by atoms with E-state index in [2.05, 4.69) is 15.1 Å². The third-order valence-corrected chi connectivity index (χ3v) is 3.71. The fraction of sp³-hybridized carbons (Fsp3) is 0.267. The molecule has 3 heterocycles. The van der Waals surface area contributed by atoms with Crippen LogP contribution in [0.1, 0.15) is 6.92 Å². The first-order valence-electron chi connectivity index (χ1n) is 6.86. The van der Waals surface area contributed by atoms with Gasteiger partial charge in [-0.15, -0.1) is 0 Å². The molecule has 21 heavy (non-hydrogen) atoms. The van der Waals surface area contributed by atoms with E-state index < -0.39 is 5.60 Å². The lowest BCUT2D eigenvalue weighted by molar-refractivity contribution is 0.0307. The summed E-state index contributed by atoms with van der Waals surface area (Å²) in [6.07, 6.45) is 3.33. The van der Waals surface area contributed by atoms with Crippen molar-refractivity contribution in [3.63, 3.8) is 0 Å². The molecular weight excluding hydrogens is 266 g/mol. The molecule has 0 saturated carbocycles. The van der Waals surface area contributed by atoms with Gasteiger partial charge in [0.15, 0.2) is 5.65 Å². The first-order valence-corrected chi connectivity index (χ1v) is 6.86. The lowest BCUT2D eigenvalue weighted by Gasteiger charge is -2.44. The molecule has 2 aromatic heterocycles. The molecule has 1 aliphatic heterocycles. The number of aliphatic hydroxyl groups is 1. The number of fused-ring (bicyclic) bond motifs is 1. The summed E-state index contributed by atoms with van der Waals surface area (Å²) in [7, 11) is 0. The summed E-state index contributed by atoms with van der Waals surface area (Å²) in [6.45, 7) is 2.99. The van der Waals surface area contributed by atoms with Gasteiger partial charge in [0, 0.05) is 13.1 Å². The van der Waals surface area contributed by atoms with Crippen LogP contribution >= 0.6 is 0 Å². The number of aromatic nitrogens is 4. The zero-order valence-electron chi connectivity index (χ0n) is 11.6. The number of hydrogen-bond acceptors (Lipinski definition) is 5. The van der Waals surface area contributed by atoms with Gasteiger partial charge in [-0.1, -0.05) is 18.2 Å². The topological polar surface area (TPSA) is 67.1 Å². The molecular formula is C15H15N5O. The Morgan fingerprint density at radius 1 is 1.14 bits per heavy atom. The molecule has 0 spiro atoms. The normalized spacial score (nSPS) is 17.0. The van der Waals surface area contributed by atoms with Crippen LogP contribution in [0.3, 0.4) is 0 Å². The molecule has 4 rings (SSSR count). The number of rotatable bonds is 2. The highest BCUT2D eigenvalue weighted by Gasteiger charge is 2.38. The molecule has 0 aliphatic carbocycles. The van der Waals surface area contributed by atoms with Gasteiger partial charge in [-0.3, -0.25) is 0 Å². The molecule has 106 valence electrons. The number of para-hydroxylation sites is 1. The molecule has 6 nitrogen and oxygen atoms in total. The zero-order valence-corrected chi connectivity index (χ0v) is 11.6. The van der Waals surface area contributed by atoms with Crippen LogP contribution in [0, 0.1) is 0 Å². The maximum Gasteiger partial charge on any atom is 0.168 e. The standard InChI is InChI=1S/C15H15N5O/c1-15(21)8-19(9-15)13-12-7-18-20(14(12)17-10-16-13)11-5-3-2-4-6-11/h2-7,10,21H,8-9H2,1H3. The van der Waals surface area contributed by atoms with E-state index in [1.165, 1.54) is 0 Å². The van der Waals surface area contributed by atoms with Gasteiger partial charge in [-0.05, 0) is 19.1 Å². The minimum Gasteiger partial charge on any atom is -0.386 e. The van der Waals surface area contributed by atoms with E-state index in [1.807, 2.05) is 42.2 Å². The predicted octanol–water partition coefficient (Wildman–Crippen LogP) is 1.39. The van der Waals surface area contributed by atoms with Crippen molar-refractivity contribution in [2.45, 2.75) is 12.5 Å². The van der Waals surface area contributed by atoms with Crippen molar-refractivity contribution in [3.05, 3.63) is 42.9 Å². The van der Waals surface area contributed by atoms with Crippen molar-refractivity contribution in [2.24, 2.45) is 0 Å². The van der Waals surface area contributed by atoms with Gasteiger partial charge in [0.2, 0.25) is 0 Å². The number of β-amino-alcohol motifs (C(OH)–C–C–N with tert-alkyl or cyclic N) is 1. The molecule has 0 unspecified atom stereocenters. The van der Waals surface area contributed by atoms with Crippen LogP contribution in [0.4, 0.5) is 5.82 Å². The second kappa shape index (κ2) is 4.26. The van der Waals surface area contributed by atoms with Crippen molar-refractivity contribution >= 4 is 16.9 Å². The Balaban J connectivity index is 1.80. The fourth-order valence-corrected chi connectivity index (χ4v) is 2.77. The summed E-state index contributed by atoms with van der Waals surface area (Å²) in [5.41, 5.74) is 1.11. The predicted molar refractivity (Wildman–Crippen MR) is 79.5 cm³/mol. The smallest absolute Gasteiger partial charge is 0.168 e. The molecule has 1 aliphatic rings. The van der Waals surface area contributed by atoms with E-state index in [1.54, 1.807) is 17.2 Å². The minimum atomic E-state index is -0.632. The van der Waals surface area contributed by atoms with Crippen LogP contribution in [0.5, 0.6) is 0 Å². The van der Waals surface area contributed by atoms with Crippen LogP contribution in [-0.2, 0) is 0 Å². The molecule has 0 amide bonds. The van der Waals surface area contributed by atoms with E-state index >= 15 is 0 Å². The van der Waals surface area contributed by atoms with Gasteiger partial charge in [0.05, 0.1) is 22.9 Å². The van der Waals surface area contributed by atoms with E-state index in [9.17, 15) is 5.11 Å². The SMILES string of the molecule is CC1(O)CN(c2ncnc3c2cnn3-c2ccccc2)C1. The number of benzene rings is 1. The average Bonchev–Trinajstić information content (AvgIpc) is 2.89. The van der Waals surface area contributed by atoms with Crippen molar-refractivity contribution in [2.75, 3.05) is 18.0 Å². The monoisotopic (exact) mass is 281 g/mol. The highest BCUT2D eigenvalue weighted by atomic mass is 16.3. The molecule has 1 N–H and O–H groups in total. The van der Waals surface area contributed by atoms with Crippen LogP contribution in [0.25, 0.3) is 16.7 Å². The summed E-state index contributed by atoms with van der Waals surface area (Å²) < 4.78 is 1.80. The lowest BCUT2D eigenvalue weighted by atomic mass is 9.97. The first kappa shape index (κ1) is 12.3. The van der Waals surface area contributed by atoms with Gasteiger partial charge >= 0.3 is 0 Å². The average molecular weight is 281 g/mol. The maximum absolute atomic E-state index is 9.89. The molecule has 3 aromatic rings. The maximum atomic E-state index is 9.89. The number of hydrogen-bond donors (Lipinski definition) is 1. The summed E-state index contributed by atoms with van der Waals surface area (Å²) in [5.74, 6) is 0.828. The molecule has 1 saturated heterocycles. The Morgan fingerprint density at radius 3 is 2.62 bits per heavy atom. The van der Waals surface area contributed by atoms with Gasteiger partial charge in [0.1, 0.15) is 12.1 Å². The Bertz CT molecular complexity index is 788. The zero-order chi connectivity index (χ0) is 14.4. The third kappa shape index (κ3) is 1.95. The fourth-order valence-electron chi connectivity index (χ4n) is 2.77. The first-order chi connectivity index (χ1) is 10.1.